The molecule has 0 aliphatic carbocycles. The number of hydrogen-bond donors (Lipinski definition) is 2. The molecule has 21 heavy (non-hydrogen) atoms. The van der Waals surface area contributed by atoms with Crippen LogP contribution in [0.5, 0.6) is 0 Å². The van der Waals surface area contributed by atoms with Gasteiger partial charge >= 0.3 is 0 Å². The van der Waals surface area contributed by atoms with Crippen LogP contribution in [-0.2, 0) is 0 Å². The van der Waals surface area contributed by atoms with Crippen molar-refractivity contribution in [2.45, 2.75) is 20.3 Å². The van der Waals surface area contributed by atoms with Crippen molar-refractivity contribution in [3.8, 4) is 0 Å². The van der Waals surface area contributed by atoms with Gasteiger partial charge in [-0.05, 0) is 37.1 Å². The zero-order chi connectivity index (χ0) is 15.2. The molecular formula is C16H18FN3O. The Morgan fingerprint density at radius 3 is 2.81 bits per heavy atom. The number of anilines is 2. The number of aryl methyl sites for hydroxylation is 1. The fourth-order valence-electron chi connectivity index (χ4n) is 1.93. The lowest BCUT2D eigenvalue weighted by molar-refractivity contribution is 0.102. The van der Waals surface area contributed by atoms with Gasteiger partial charge in [0.05, 0.1) is 17.4 Å². The van der Waals surface area contributed by atoms with Gasteiger partial charge in [-0.3, -0.25) is 9.78 Å². The molecule has 2 rings (SSSR count). The van der Waals surface area contributed by atoms with Crippen LogP contribution in [0, 0.1) is 12.7 Å². The highest BCUT2D eigenvalue weighted by atomic mass is 19.1. The van der Waals surface area contributed by atoms with Gasteiger partial charge in [-0.1, -0.05) is 13.0 Å². The molecule has 0 bridgehead atoms. The maximum Gasteiger partial charge on any atom is 0.257 e. The van der Waals surface area contributed by atoms with E-state index >= 15 is 0 Å². The summed E-state index contributed by atoms with van der Waals surface area (Å²) >= 11 is 0. The van der Waals surface area contributed by atoms with Crippen molar-refractivity contribution < 1.29 is 9.18 Å². The number of carbonyl (C=O) groups is 1. The highest BCUT2D eigenvalue weighted by Crippen LogP contribution is 2.20. The number of benzene rings is 1. The first-order valence-electron chi connectivity index (χ1n) is 6.87. The van der Waals surface area contributed by atoms with Crippen molar-refractivity contribution in [3.05, 3.63) is 53.6 Å². The highest BCUT2D eigenvalue weighted by Gasteiger charge is 2.13. The molecule has 1 heterocycles. The van der Waals surface area contributed by atoms with E-state index in [4.69, 9.17) is 0 Å². The number of pyridine rings is 1. The van der Waals surface area contributed by atoms with E-state index in [1.807, 2.05) is 19.1 Å². The van der Waals surface area contributed by atoms with E-state index in [0.717, 1.165) is 30.4 Å². The highest BCUT2D eigenvalue weighted by molar-refractivity contribution is 6.08. The van der Waals surface area contributed by atoms with Gasteiger partial charge in [-0.25, -0.2) is 4.39 Å². The largest absolute Gasteiger partial charge is 0.384 e. The summed E-state index contributed by atoms with van der Waals surface area (Å²) in [7, 11) is 0. The van der Waals surface area contributed by atoms with Crippen LogP contribution in [0.25, 0.3) is 0 Å². The van der Waals surface area contributed by atoms with E-state index in [1.54, 1.807) is 6.07 Å². The second-order valence-corrected chi connectivity index (χ2v) is 4.79. The monoisotopic (exact) mass is 287 g/mol. The third kappa shape index (κ3) is 3.78. The van der Waals surface area contributed by atoms with E-state index in [1.165, 1.54) is 12.3 Å². The van der Waals surface area contributed by atoms with Gasteiger partial charge in [0.15, 0.2) is 5.82 Å². The van der Waals surface area contributed by atoms with Gasteiger partial charge in [0.1, 0.15) is 0 Å². The van der Waals surface area contributed by atoms with Gasteiger partial charge in [0, 0.05) is 18.4 Å². The Hall–Kier alpha value is -2.43. The van der Waals surface area contributed by atoms with Crippen LogP contribution in [0.2, 0.25) is 0 Å². The minimum absolute atomic E-state index is 0.122. The summed E-state index contributed by atoms with van der Waals surface area (Å²) < 4.78 is 13.5. The third-order valence-electron chi connectivity index (χ3n) is 3.01. The fraction of sp³-hybridized carbons (Fsp3) is 0.250. The molecule has 0 unspecified atom stereocenters. The quantitative estimate of drug-likeness (QED) is 0.883. The molecule has 0 aliphatic rings. The van der Waals surface area contributed by atoms with Crippen LogP contribution >= 0.6 is 0 Å². The molecule has 4 nitrogen and oxygen atoms in total. The van der Waals surface area contributed by atoms with Crippen LogP contribution in [0.1, 0.15) is 29.3 Å². The number of halogens is 1. The van der Waals surface area contributed by atoms with Crippen LogP contribution in [0.4, 0.5) is 15.8 Å². The molecule has 0 radical (unpaired) electrons. The lowest BCUT2D eigenvalue weighted by atomic mass is 10.1. The molecule has 1 aromatic heterocycles. The van der Waals surface area contributed by atoms with Crippen LogP contribution in [0.15, 0.2) is 36.7 Å². The number of aromatic nitrogens is 1. The summed E-state index contributed by atoms with van der Waals surface area (Å²) in [5.74, 6) is -0.903. The van der Waals surface area contributed by atoms with E-state index in [-0.39, 0.29) is 11.6 Å². The Morgan fingerprint density at radius 1 is 1.29 bits per heavy atom. The van der Waals surface area contributed by atoms with Crippen molar-refractivity contribution in [1.29, 1.82) is 0 Å². The van der Waals surface area contributed by atoms with E-state index in [2.05, 4.69) is 22.5 Å². The molecule has 0 aliphatic heterocycles. The molecule has 1 amide bonds. The average Bonchev–Trinajstić information content (AvgIpc) is 2.47. The molecule has 0 atom stereocenters. The van der Waals surface area contributed by atoms with Crippen LogP contribution in [0.3, 0.4) is 0 Å². The normalized spacial score (nSPS) is 10.2. The van der Waals surface area contributed by atoms with E-state index < -0.39 is 5.82 Å². The van der Waals surface area contributed by atoms with Crippen LogP contribution < -0.4 is 10.6 Å². The zero-order valence-electron chi connectivity index (χ0n) is 12.1. The number of amides is 1. The summed E-state index contributed by atoms with van der Waals surface area (Å²) in [5, 5.41) is 5.79. The predicted octanol–water partition coefficient (Wildman–Crippen LogP) is 3.60. The summed E-state index contributed by atoms with van der Waals surface area (Å²) in [6.07, 6.45) is 3.46. The van der Waals surface area contributed by atoms with Crippen molar-refractivity contribution >= 4 is 17.3 Å². The second-order valence-electron chi connectivity index (χ2n) is 4.79. The Bertz CT molecular complexity index is 643. The lowest BCUT2D eigenvalue weighted by Crippen LogP contribution is -2.16. The predicted molar refractivity (Wildman–Crippen MR) is 82.1 cm³/mol. The second kappa shape index (κ2) is 6.83. The summed E-state index contributed by atoms with van der Waals surface area (Å²) in [4.78, 5) is 16.0. The number of rotatable bonds is 5. The Balaban J connectivity index is 2.24. The molecule has 0 saturated carbocycles. The topological polar surface area (TPSA) is 54.0 Å². The molecule has 2 N–H and O–H groups in total. The molecule has 0 fully saturated rings. The van der Waals surface area contributed by atoms with Crippen molar-refractivity contribution in [1.82, 2.24) is 4.98 Å². The van der Waals surface area contributed by atoms with Crippen molar-refractivity contribution in [2.75, 3.05) is 17.2 Å². The van der Waals surface area contributed by atoms with Gasteiger partial charge in [-0.15, -0.1) is 0 Å². The SMILES string of the molecule is CCCNc1cc(C)ccc1C(=O)Nc1ccncc1F. The average molecular weight is 287 g/mol. The smallest absolute Gasteiger partial charge is 0.257 e. The fourth-order valence-corrected chi connectivity index (χ4v) is 1.93. The van der Waals surface area contributed by atoms with E-state index in [9.17, 15) is 9.18 Å². The minimum atomic E-state index is -0.555. The van der Waals surface area contributed by atoms with E-state index in [0.29, 0.717) is 5.56 Å². The van der Waals surface area contributed by atoms with Crippen LogP contribution in [-0.4, -0.2) is 17.4 Å². The number of carbonyl (C=O) groups excluding carboxylic acids is 1. The molecule has 0 saturated heterocycles. The lowest BCUT2D eigenvalue weighted by Gasteiger charge is -2.13. The van der Waals surface area contributed by atoms with Gasteiger partial charge in [-0.2, -0.15) is 0 Å². The summed E-state index contributed by atoms with van der Waals surface area (Å²) in [6.45, 7) is 4.78. The Morgan fingerprint density at radius 2 is 2.10 bits per heavy atom. The van der Waals surface area contributed by atoms with Crippen molar-refractivity contribution in [2.24, 2.45) is 0 Å². The first kappa shape index (κ1) is 15.0. The summed E-state index contributed by atoms with van der Waals surface area (Å²) in [5.41, 5.74) is 2.42. The van der Waals surface area contributed by atoms with Gasteiger partial charge < -0.3 is 10.6 Å². The van der Waals surface area contributed by atoms with Crippen molar-refractivity contribution in [3.63, 3.8) is 0 Å². The molecule has 5 heteroatoms. The number of nitrogens with one attached hydrogen (secondary N) is 2. The van der Waals surface area contributed by atoms with Gasteiger partial charge in [0.2, 0.25) is 0 Å². The molecule has 110 valence electrons. The standard InChI is InChI=1S/C16H18FN3O/c1-3-7-19-15-9-11(2)4-5-12(15)16(21)20-14-6-8-18-10-13(14)17/h4-6,8-10,19H,3,7H2,1-2H3,(H,18,20,21). The zero-order valence-corrected chi connectivity index (χ0v) is 12.1. The minimum Gasteiger partial charge on any atom is -0.384 e. The number of nitrogens with zero attached hydrogens (tertiary/aromatic N) is 1. The Kier molecular flexibility index (Phi) is 4.87. The third-order valence-corrected chi connectivity index (χ3v) is 3.01. The molecule has 2 aromatic rings. The molecule has 1 aromatic carbocycles. The molecular weight excluding hydrogens is 269 g/mol. The first-order chi connectivity index (χ1) is 10.1. The maximum absolute atomic E-state index is 13.5. The summed E-state index contributed by atoms with van der Waals surface area (Å²) in [6, 6.07) is 6.94. The first-order valence-corrected chi connectivity index (χ1v) is 6.87. The number of hydrogen-bond acceptors (Lipinski definition) is 3. The molecule has 0 spiro atoms. The van der Waals surface area contributed by atoms with Gasteiger partial charge in [0.25, 0.3) is 5.91 Å². The maximum atomic E-state index is 13.5. The Labute approximate surface area is 123 Å².